The van der Waals surface area contributed by atoms with E-state index in [1.165, 1.54) is 12.1 Å². The van der Waals surface area contributed by atoms with Crippen molar-refractivity contribution in [1.82, 2.24) is 5.32 Å². The Morgan fingerprint density at radius 2 is 1.84 bits per heavy atom. The summed E-state index contributed by atoms with van der Waals surface area (Å²) in [6.07, 6.45) is 0. The van der Waals surface area contributed by atoms with Gasteiger partial charge in [0.2, 0.25) is 0 Å². The van der Waals surface area contributed by atoms with E-state index in [2.05, 4.69) is 5.32 Å². The number of hydrogen-bond acceptors (Lipinski definition) is 3. The van der Waals surface area contributed by atoms with Gasteiger partial charge >= 0.3 is 0 Å². The third-order valence-electron chi connectivity index (χ3n) is 3.65. The summed E-state index contributed by atoms with van der Waals surface area (Å²) in [5.74, 6) is 0.442. The lowest BCUT2D eigenvalue weighted by molar-refractivity contribution is 0.0920. The highest BCUT2D eigenvalue weighted by Crippen LogP contribution is 2.24. The van der Waals surface area contributed by atoms with Gasteiger partial charge in [-0.3, -0.25) is 4.79 Å². The van der Waals surface area contributed by atoms with Gasteiger partial charge in [-0.05, 0) is 43.3 Å². The lowest BCUT2D eigenvalue weighted by Crippen LogP contribution is -2.27. The Hall–Kier alpha value is -3.08. The van der Waals surface area contributed by atoms with E-state index in [0.717, 1.165) is 11.3 Å². The fraction of sp³-hybridized carbons (Fsp3) is 0.150. The van der Waals surface area contributed by atoms with Crippen molar-refractivity contribution in [2.75, 3.05) is 13.2 Å². The van der Waals surface area contributed by atoms with Crippen LogP contribution in [0.25, 0.3) is 11.3 Å². The first-order chi connectivity index (χ1) is 12.1. The minimum atomic E-state index is -0.393. The monoisotopic (exact) mass is 339 g/mol. The van der Waals surface area contributed by atoms with Gasteiger partial charge in [0.25, 0.3) is 5.91 Å². The van der Waals surface area contributed by atoms with Crippen LogP contribution in [0.5, 0.6) is 5.75 Å². The largest absolute Gasteiger partial charge is 0.492 e. The number of halogens is 1. The minimum absolute atomic E-state index is 0.133. The van der Waals surface area contributed by atoms with Crippen LogP contribution in [0.4, 0.5) is 4.39 Å². The highest BCUT2D eigenvalue weighted by molar-refractivity contribution is 5.92. The first-order valence-corrected chi connectivity index (χ1v) is 7.96. The Balaban J connectivity index is 1.52. The summed E-state index contributed by atoms with van der Waals surface area (Å²) in [5.41, 5.74) is 1.48. The molecule has 0 unspecified atom stereocenters. The van der Waals surface area contributed by atoms with E-state index in [1.807, 2.05) is 31.2 Å². The van der Waals surface area contributed by atoms with Crippen LogP contribution in [-0.4, -0.2) is 19.1 Å². The first-order valence-electron chi connectivity index (χ1n) is 7.96. The molecule has 4 nitrogen and oxygen atoms in total. The lowest BCUT2D eigenvalue weighted by atomic mass is 10.1. The van der Waals surface area contributed by atoms with Crippen molar-refractivity contribution in [2.45, 2.75) is 6.92 Å². The summed E-state index contributed by atoms with van der Waals surface area (Å²) >= 11 is 0. The number of aryl methyl sites for hydroxylation is 1. The fourth-order valence-corrected chi connectivity index (χ4v) is 2.32. The molecule has 25 heavy (non-hydrogen) atoms. The second-order valence-electron chi connectivity index (χ2n) is 5.56. The standard InChI is InChI=1S/C20H18FNO3/c1-14-6-8-15(9-7-14)24-13-12-22-20(23)19-11-10-18(25-19)16-4-2-3-5-17(16)21/h2-11H,12-13H2,1H3,(H,22,23). The zero-order valence-corrected chi connectivity index (χ0v) is 13.8. The molecule has 0 aliphatic carbocycles. The molecule has 5 heteroatoms. The topological polar surface area (TPSA) is 51.5 Å². The van der Waals surface area contributed by atoms with Crippen LogP contribution >= 0.6 is 0 Å². The summed E-state index contributed by atoms with van der Waals surface area (Å²) in [4.78, 5) is 12.1. The number of nitrogens with one attached hydrogen (secondary N) is 1. The molecule has 1 N–H and O–H groups in total. The van der Waals surface area contributed by atoms with E-state index in [-0.39, 0.29) is 11.7 Å². The lowest BCUT2D eigenvalue weighted by Gasteiger charge is -2.07. The summed E-state index contributed by atoms with van der Waals surface area (Å²) in [7, 11) is 0. The molecule has 2 aromatic carbocycles. The predicted octanol–water partition coefficient (Wildman–Crippen LogP) is 4.20. The molecule has 1 amide bonds. The maximum Gasteiger partial charge on any atom is 0.287 e. The smallest absolute Gasteiger partial charge is 0.287 e. The van der Waals surface area contributed by atoms with Gasteiger partial charge in [0.15, 0.2) is 5.76 Å². The van der Waals surface area contributed by atoms with Gasteiger partial charge in [-0.1, -0.05) is 29.8 Å². The first kappa shape index (κ1) is 16.8. The molecule has 0 fully saturated rings. The van der Waals surface area contributed by atoms with E-state index in [4.69, 9.17) is 9.15 Å². The Morgan fingerprint density at radius 1 is 1.08 bits per heavy atom. The number of furan rings is 1. The Labute approximate surface area is 145 Å². The quantitative estimate of drug-likeness (QED) is 0.685. The second kappa shape index (κ2) is 7.66. The molecule has 0 saturated heterocycles. The van der Waals surface area contributed by atoms with Gasteiger partial charge in [0.05, 0.1) is 12.1 Å². The second-order valence-corrected chi connectivity index (χ2v) is 5.56. The third-order valence-corrected chi connectivity index (χ3v) is 3.65. The van der Waals surface area contributed by atoms with Crippen molar-refractivity contribution in [1.29, 1.82) is 0 Å². The van der Waals surface area contributed by atoms with Gasteiger partial charge in [0, 0.05) is 0 Å². The summed E-state index contributed by atoms with van der Waals surface area (Å²) < 4.78 is 24.7. The predicted molar refractivity (Wildman–Crippen MR) is 93.1 cm³/mol. The molecule has 1 heterocycles. The van der Waals surface area contributed by atoms with Crippen LogP contribution in [0, 0.1) is 12.7 Å². The molecule has 3 rings (SSSR count). The van der Waals surface area contributed by atoms with E-state index >= 15 is 0 Å². The van der Waals surface area contributed by atoms with Crippen molar-refractivity contribution in [3.05, 3.63) is 77.8 Å². The average Bonchev–Trinajstić information content (AvgIpc) is 3.10. The molecule has 0 saturated carbocycles. The van der Waals surface area contributed by atoms with Crippen molar-refractivity contribution in [3.63, 3.8) is 0 Å². The Morgan fingerprint density at radius 3 is 2.60 bits per heavy atom. The van der Waals surface area contributed by atoms with Crippen LogP contribution in [0.1, 0.15) is 16.1 Å². The summed E-state index contributed by atoms with van der Waals surface area (Å²) in [6.45, 7) is 2.68. The molecule has 0 bridgehead atoms. The third kappa shape index (κ3) is 4.26. The number of ether oxygens (including phenoxy) is 1. The Kier molecular flexibility index (Phi) is 5.14. The molecule has 128 valence electrons. The van der Waals surface area contributed by atoms with Crippen LogP contribution < -0.4 is 10.1 Å². The maximum atomic E-state index is 13.7. The van der Waals surface area contributed by atoms with Gasteiger partial charge in [-0.25, -0.2) is 4.39 Å². The van der Waals surface area contributed by atoms with Crippen LogP contribution in [0.3, 0.4) is 0 Å². The number of rotatable bonds is 6. The van der Waals surface area contributed by atoms with Crippen molar-refractivity contribution in [3.8, 4) is 17.1 Å². The number of amides is 1. The normalized spacial score (nSPS) is 10.5. The zero-order valence-electron chi connectivity index (χ0n) is 13.8. The minimum Gasteiger partial charge on any atom is -0.492 e. The van der Waals surface area contributed by atoms with Crippen molar-refractivity contribution >= 4 is 5.91 Å². The molecule has 3 aromatic rings. The van der Waals surface area contributed by atoms with Gasteiger partial charge in [-0.15, -0.1) is 0 Å². The fourth-order valence-electron chi connectivity index (χ4n) is 2.32. The van der Waals surface area contributed by atoms with Crippen LogP contribution in [0.15, 0.2) is 65.1 Å². The molecule has 0 radical (unpaired) electrons. The molecular formula is C20H18FNO3. The Bertz CT molecular complexity index is 855. The van der Waals surface area contributed by atoms with Gasteiger partial charge in [-0.2, -0.15) is 0 Å². The highest BCUT2D eigenvalue weighted by atomic mass is 19.1. The van der Waals surface area contributed by atoms with E-state index in [9.17, 15) is 9.18 Å². The highest BCUT2D eigenvalue weighted by Gasteiger charge is 2.13. The number of hydrogen-bond donors (Lipinski definition) is 1. The van der Waals surface area contributed by atoms with E-state index < -0.39 is 5.82 Å². The van der Waals surface area contributed by atoms with Crippen LogP contribution in [0.2, 0.25) is 0 Å². The molecule has 0 spiro atoms. The SMILES string of the molecule is Cc1ccc(OCCNC(=O)c2ccc(-c3ccccc3F)o2)cc1. The average molecular weight is 339 g/mol. The molecule has 0 atom stereocenters. The summed E-state index contributed by atoms with van der Waals surface area (Å²) in [6, 6.07) is 17.0. The molecule has 0 aliphatic rings. The number of carbonyl (C=O) groups excluding carboxylic acids is 1. The zero-order chi connectivity index (χ0) is 17.6. The molecular weight excluding hydrogens is 321 g/mol. The maximum absolute atomic E-state index is 13.7. The van der Waals surface area contributed by atoms with Crippen molar-refractivity contribution < 1.29 is 18.3 Å². The number of benzene rings is 2. The van der Waals surface area contributed by atoms with Gasteiger partial charge in [0.1, 0.15) is 23.9 Å². The number of carbonyl (C=O) groups is 1. The van der Waals surface area contributed by atoms with Crippen molar-refractivity contribution in [2.24, 2.45) is 0 Å². The van der Waals surface area contributed by atoms with Gasteiger partial charge < -0.3 is 14.5 Å². The molecule has 0 aliphatic heterocycles. The van der Waals surface area contributed by atoms with E-state index in [1.54, 1.807) is 24.3 Å². The summed E-state index contributed by atoms with van der Waals surface area (Å²) in [5, 5.41) is 2.71. The molecule has 1 aromatic heterocycles. The van der Waals surface area contributed by atoms with Crippen LogP contribution in [-0.2, 0) is 0 Å². The van der Waals surface area contributed by atoms with E-state index in [0.29, 0.717) is 24.5 Å².